The molecule has 2 aromatic carbocycles. The Balaban J connectivity index is 1.96. The molecule has 2 heterocycles. The Morgan fingerprint density at radius 3 is 2.02 bits per heavy atom. The number of carbonyl (C=O) groups is 2. The minimum Gasteiger partial charge on any atom is -0.494 e. The lowest BCUT2D eigenvalue weighted by Crippen LogP contribution is -2.32. The van der Waals surface area contributed by atoms with Crippen molar-refractivity contribution in [1.82, 2.24) is 15.1 Å². The molecule has 0 amide bonds. The van der Waals surface area contributed by atoms with Gasteiger partial charge in [-0.1, -0.05) is 43.5 Å². The topological polar surface area (TPSA) is 91.7 Å². The highest BCUT2D eigenvalue weighted by molar-refractivity contribution is 6.00. The van der Waals surface area contributed by atoms with Gasteiger partial charge < -0.3 is 19.5 Å². The van der Waals surface area contributed by atoms with Crippen molar-refractivity contribution in [2.75, 3.05) is 19.8 Å². The summed E-state index contributed by atoms with van der Waals surface area (Å²) < 4.78 is 18.3. The minimum absolute atomic E-state index is 0.0241. The predicted octanol–water partition coefficient (Wildman–Crippen LogP) is 5.63. The van der Waals surface area contributed by atoms with Gasteiger partial charge in [-0.2, -0.15) is 5.10 Å². The van der Waals surface area contributed by atoms with E-state index in [9.17, 15) is 9.59 Å². The summed E-state index contributed by atoms with van der Waals surface area (Å²) in [4.78, 5) is 27.0. The first-order valence-electron chi connectivity index (χ1n) is 13.0. The van der Waals surface area contributed by atoms with Crippen molar-refractivity contribution in [3.8, 4) is 22.7 Å². The van der Waals surface area contributed by atoms with E-state index in [0.717, 1.165) is 17.0 Å². The van der Waals surface area contributed by atoms with Crippen molar-refractivity contribution in [2.24, 2.45) is 0 Å². The number of ether oxygens (including phenoxy) is 3. The van der Waals surface area contributed by atoms with E-state index in [1.54, 1.807) is 18.5 Å². The average molecular weight is 540 g/mol. The second-order valence-corrected chi connectivity index (χ2v) is 9.08. The van der Waals surface area contributed by atoms with Crippen LogP contribution in [0, 0.1) is 0 Å². The van der Waals surface area contributed by atoms with Crippen LogP contribution in [0.3, 0.4) is 0 Å². The molecule has 206 valence electrons. The van der Waals surface area contributed by atoms with Gasteiger partial charge in [0, 0.05) is 28.7 Å². The largest absolute Gasteiger partial charge is 0.494 e. The Kier molecular flexibility index (Phi) is 9.01. The van der Waals surface area contributed by atoms with Gasteiger partial charge >= 0.3 is 11.9 Å². The molecule has 8 heteroatoms. The summed E-state index contributed by atoms with van der Waals surface area (Å²) in [6.45, 7) is 13.4. The van der Waals surface area contributed by atoms with Gasteiger partial charge in [0.05, 0.1) is 35.1 Å². The molecule has 0 fully saturated rings. The number of rotatable bonds is 11. The van der Waals surface area contributed by atoms with Crippen molar-refractivity contribution in [2.45, 2.75) is 26.7 Å². The summed E-state index contributed by atoms with van der Waals surface area (Å²) in [5, 5.41) is 8.11. The molecule has 0 saturated heterocycles. The number of aromatic nitrogens is 2. The number of nitrogens with zero attached hydrogens (tertiary/aromatic N) is 2. The van der Waals surface area contributed by atoms with E-state index in [2.05, 4.69) is 18.5 Å². The normalized spacial score (nSPS) is 13.5. The van der Waals surface area contributed by atoms with Crippen molar-refractivity contribution in [3.05, 3.63) is 114 Å². The summed E-state index contributed by atoms with van der Waals surface area (Å²) in [5.41, 5.74) is 4.58. The fraction of sp³-hybridized carbons (Fsp3) is 0.219. The number of allylic oxidation sites excluding steroid dienone is 2. The van der Waals surface area contributed by atoms with Crippen LogP contribution < -0.4 is 10.1 Å². The third-order valence-electron chi connectivity index (χ3n) is 6.38. The number of hydrogen-bond donors (Lipinski definition) is 1. The molecule has 3 aromatic rings. The highest BCUT2D eigenvalue weighted by atomic mass is 16.5. The first-order chi connectivity index (χ1) is 19.4. The first-order valence-corrected chi connectivity index (χ1v) is 13.0. The van der Waals surface area contributed by atoms with E-state index in [1.807, 2.05) is 67.7 Å². The molecule has 1 N–H and O–H groups in total. The molecule has 8 nitrogen and oxygen atoms in total. The highest BCUT2D eigenvalue weighted by Gasteiger charge is 2.40. The fourth-order valence-electron chi connectivity index (χ4n) is 4.68. The lowest BCUT2D eigenvalue weighted by molar-refractivity contribution is -0.138. The Bertz CT molecular complexity index is 1420. The fourth-order valence-corrected chi connectivity index (χ4v) is 4.68. The monoisotopic (exact) mass is 539 g/mol. The summed E-state index contributed by atoms with van der Waals surface area (Å²) >= 11 is 0. The second-order valence-electron chi connectivity index (χ2n) is 9.08. The van der Waals surface area contributed by atoms with E-state index in [-0.39, 0.29) is 24.4 Å². The molecule has 4 rings (SSSR count). The van der Waals surface area contributed by atoms with Gasteiger partial charge in [-0.3, -0.25) is 0 Å². The molecule has 0 bridgehead atoms. The average Bonchev–Trinajstić information content (AvgIpc) is 3.40. The van der Waals surface area contributed by atoms with Crippen LogP contribution in [-0.2, 0) is 19.1 Å². The van der Waals surface area contributed by atoms with Crippen molar-refractivity contribution >= 4 is 11.9 Å². The van der Waals surface area contributed by atoms with Gasteiger partial charge in [0.15, 0.2) is 0 Å². The Morgan fingerprint density at radius 1 is 0.925 bits per heavy atom. The van der Waals surface area contributed by atoms with E-state index in [0.29, 0.717) is 29.3 Å². The molecule has 0 radical (unpaired) electrons. The van der Waals surface area contributed by atoms with Gasteiger partial charge in [0.1, 0.15) is 19.0 Å². The maximum atomic E-state index is 13.5. The van der Waals surface area contributed by atoms with Crippen LogP contribution in [0.25, 0.3) is 16.9 Å². The third kappa shape index (κ3) is 5.91. The van der Waals surface area contributed by atoms with Gasteiger partial charge in [-0.15, -0.1) is 0 Å². The molecular formula is C32H33N3O5. The number of nitrogens with one attached hydrogen (secondary N) is 1. The number of esters is 2. The standard InChI is InChI=1S/C32H33N3O5/c1-6-18-39-31(36)27-21(4)33-22(5)28(32(37)40-19-7-2)29(27)26-20-35(24-12-10-9-11-13-24)34-30(26)23-14-16-25(17-15-23)38-8-3/h6-7,9-17,20,29,33H,1-2,8,18-19H2,3-5H3. The smallest absolute Gasteiger partial charge is 0.337 e. The van der Waals surface area contributed by atoms with Crippen LogP contribution in [-0.4, -0.2) is 41.5 Å². The van der Waals surface area contributed by atoms with Crippen LogP contribution in [0.15, 0.2) is 109 Å². The van der Waals surface area contributed by atoms with E-state index >= 15 is 0 Å². The first kappa shape index (κ1) is 28.2. The van der Waals surface area contributed by atoms with E-state index in [1.165, 1.54) is 12.2 Å². The SMILES string of the molecule is C=CCOC(=O)C1=C(C)NC(C)=C(C(=O)OCC=C)C1c1cn(-c2ccccc2)nc1-c1ccc(OCC)cc1. The molecule has 0 atom stereocenters. The zero-order chi connectivity index (χ0) is 28.6. The van der Waals surface area contributed by atoms with Crippen molar-refractivity contribution < 1.29 is 23.8 Å². The van der Waals surface area contributed by atoms with Crippen molar-refractivity contribution in [3.63, 3.8) is 0 Å². The van der Waals surface area contributed by atoms with Crippen LogP contribution in [0.4, 0.5) is 0 Å². The van der Waals surface area contributed by atoms with Crippen molar-refractivity contribution in [1.29, 1.82) is 0 Å². The molecule has 1 aromatic heterocycles. The van der Waals surface area contributed by atoms with Crippen LogP contribution in [0.2, 0.25) is 0 Å². The third-order valence-corrected chi connectivity index (χ3v) is 6.38. The summed E-state index contributed by atoms with van der Waals surface area (Å²) in [5.74, 6) is -1.23. The molecule has 0 spiro atoms. The van der Waals surface area contributed by atoms with Gasteiger partial charge in [0.25, 0.3) is 0 Å². The number of benzene rings is 2. The summed E-state index contributed by atoms with van der Waals surface area (Å²) in [7, 11) is 0. The van der Waals surface area contributed by atoms with Crippen LogP contribution >= 0.6 is 0 Å². The molecule has 40 heavy (non-hydrogen) atoms. The molecule has 1 aliphatic rings. The zero-order valence-corrected chi connectivity index (χ0v) is 23.0. The van der Waals surface area contributed by atoms with Crippen LogP contribution in [0.1, 0.15) is 32.3 Å². The van der Waals surface area contributed by atoms with E-state index in [4.69, 9.17) is 19.3 Å². The van der Waals surface area contributed by atoms with Gasteiger partial charge in [-0.05, 0) is 57.2 Å². The predicted molar refractivity (Wildman–Crippen MR) is 154 cm³/mol. The van der Waals surface area contributed by atoms with Crippen LogP contribution in [0.5, 0.6) is 5.75 Å². The number of carbonyl (C=O) groups excluding carboxylic acids is 2. The zero-order valence-electron chi connectivity index (χ0n) is 23.0. The number of hydrogen-bond acceptors (Lipinski definition) is 7. The lowest BCUT2D eigenvalue weighted by atomic mass is 9.79. The molecule has 0 aliphatic carbocycles. The maximum Gasteiger partial charge on any atom is 0.337 e. The summed E-state index contributed by atoms with van der Waals surface area (Å²) in [6, 6.07) is 17.2. The summed E-state index contributed by atoms with van der Waals surface area (Å²) in [6.07, 6.45) is 4.84. The van der Waals surface area contributed by atoms with Gasteiger partial charge in [0.2, 0.25) is 0 Å². The Labute approximate surface area is 234 Å². The molecule has 1 aliphatic heterocycles. The Hall–Kier alpha value is -4.85. The Morgan fingerprint density at radius 2 is 1.50 bits per heavy atom. The second kappa shape index (κ2) is 12.8. The number of dihydropyridines is 1. The quantitative estimate of drug-likeness (QED) is 0.249. The lowest BCUT2D eigenvalue weighted by Gasteiger charge is -2.30. The molecular weight excluding hydrogens is 506 g/mol. The highest BCUT2D eigenvalue weighted by Crippen LogP contribution is 2.43. The molecule has 0 saturated carbocycles. The maximum absolute atomic E-state index is 13.5. The minimum atomic E-state index is -0.824. The number of para-hydroxylation sites is 1. The van der Waals surface area contributed by atoms with Gasteiger partial charge in [-0.25, -0.2) is 14.3 Å². The van der Waals surface area contributed by atoms with E-state index < -0.39 is 17.9 Å². The molecule has 0 unspecified atom stereocenters.